The number of aromatic nitrogens is 1. The lowest BCUT2D eigenvalue weighted by molar-refractivity contribution is 0.222. The van der Waals surface area contributed by atoms with Crippen LogP contribution in [0.2, 0.25) is 0 Å². The van der Waals surface area contributed by atoms with Crippen LogP contribution in [-0.2, 0) is 11.3 Å². The summed E-state index contributed by atoms with van der Waals surface area (Å²) >= 11 is 0. The van der Waals surface area contributed by atoms with Crippen LogP contribution in [0.3, 0.4) is 0 Å². The summed E-state index contributed by atoms with van der Waals surface area (Å²) in [7, 11) is 1.71. The molecule has 2 rings (SSSR count). The van der Waals surface area contributed by atoms with Crippen LogP contribution in [0.5, 0.6) is 0 Å². The summed E-state index contributed by atoms with van der Waals surface area (Å²) < 4.78 is 18.6. The van der Waals surface area contributed by atoms with E-state index in [9.17, 15) is 4.39 Å². The number of anilines is 1. The number of hydrogen-bond acceptors (Lipinski definition) is 4. The molecule has 0 unspecified atom stereocenters. The first kappa shape index (κ1) is 15.9. The molecule has 21 heavy (non-hydrogen) atoms. The summed E-state index contributed by atoms with van der Waals surface area (Å²) in [4.78, 5) is 6.49. The van der Waals surface area contributed by atoms with Gasteiger partial charge >= 0.3 is 0 Å². The number of methoxy groups -OCH3 is 1. The fraction of sp³-hybridized carbons (Fsp3) is 0.562. The third-order valence-corrected chi connectivity index (χ3v) is 3.54. The topological polar surface area (TPSA) is 37.4 Å². The maximum Gasteiger partial charge on any atom is 0.141 e. The second kappa shape index (κ2) is 7.52. The Morgan fingerprint density at radius 2 is 2.29 bits per heavy atom. The Kier molecular flexibility index (Phi) is 5.70. The van der Waals surface area contributed by atoms with Crippen molar-refractivity contribution in [1.82, 2.24) is 10.3 Å². The molecule has 0 bridgehead atoms. The Bertz CT molecular complexity index is 502. The highest BCUT2D eigenvalue weighted by molar-refractivity contribution is 5.48. The first-order valence-corrected chi connectivity index (χ1v) is 7.39. The van der Waals surface area contributed by atoms with Gasteiger partial charge in [-0.2, -0.15) is 0 Å². The number of rotatable bonds is 6. The van der Waals surface area contributed by atoms with Gasteiger partial charge in [-0.05, 0) is 18.1 Å². The minimum Gasteiger partial charge on any atom is -0.380 e. The van der Waals surface area contributed by atoms with Crippen LogP contribution in [0.1, 0.15) is 25.8 Å². The SMILES string of the molecule is COCC1=CCN(c2ncc(F)cc2CNC(C)C)CC1. The second-order valence-corrected chi connectivity index (χ2v) is 5.66. The molecule has 1 aromatic heterocycles. The molecule has 0 fully saturated rings. The predicted octanol–water partition coefficient (Wildman–Crippen LogP) is 2.50. The van der Waals surface area contributed by atoms with Gasteiger partial charge in [-0.3, -0.25) is 0 Å². The van der Waals surface area contributed by atoms with Crippen LogP contribution in [0.25, 0.3) is 0 Å². The lowest BCUT2D eigenvalue weighted by Gasteiger charge is -2.29. The minimum absolute atomic E-state index is 0.285. The fourth-order valence-electron chi connectivity index (χ4n) is 2.42. The zero-order valence-electron chi connectivity index (χ0n) is 13.0. The average molecular weight is 293 g/mol. The smallest absolute Gasteiger partial charge is 0.141 e. The van der Waals surface area contributed by atoms with Gasteiger partial charge in [0.15, 0.2) is 0 Å². The van der Waals surface area contributed by atoms with Crippen molar-refractivity contribution in [2.75, 3.05) is 31.7 Å². The molecular formula is C16H24FN3O. The second-order valence-electron chi connectivity index (χ2n) is 5.66. The molecule has 0 aliphatic carbocycles. The number of nitrogens with zero attached hydrogens (tertiary/aromatic N) is 2. The first-order valence-electron chi connectivity index (χ1n) is 7.39. The Labute approximate surface area is 126 Å². The van der Waals surface area contributed by atoms with Crippen molar-refractivity contribution in [3.05, 3.63) is 35.3 Å². The molecule has 2 heterocycles. The molecular weight excluding hydrogens is 269 g/mol. The van der Waals surface area contributed by atoms with Crippen molar-refractivity contribution in [2.24, 2.45) is 0 Å². The van der Waals surface area contributed by atoms with E-state index < -0.39 is 0 Å². The van der Waals surface area contributed by atoms with Gasteiger partial charge in [0.25, 0.3) is 0 Å². The van der Waals surface area contributed by atoms with E-state index >= 15 is 0 Å². The summed E-state index contributed by atoms with van der Waals surface area (Å²) in [5, 5.41) is 3.33. The molecule has 1 aliphatic heterocycles. The highest BCUT2D eigenvalue weighted by atomic mass is 19.1. The van der Waals surface area contributed by atoms with E-state index in [-0.39, 0.29) is 5.82 Å². The average Bonchev–Trinajstić information content (AvgIpc) is 2.46. The van der Waals surface area contributed by atoms with Crippen LogP contribution < -0.4 is 10.2 Å². The third-order valence-electron chi connectivity index (χ3n) is 3.54. The van der Waals surface area contributed by atoms with Crippen molar-refractivity contribution in [3.8, 4) is 0 Å². The van der Waals surface area contributed by atoms with E-state index in [1.54, 1.807) is 13.2 Å². The van der Waals surface area contributed by atoms with E-state index in [4.69, 9.17) is 4.74 Å². The third kappa shape index (κ3) is 4.51. The number of pyridine rings is 1. The lowest BCUT2D eigenvalue weighted by atomic mass is 10.1. The Balaban J connectivity index is 2.12. The molecule has 116 valence electrons. The molecule has 0 atom stereocenters. The lowest BCUT2D eigenvalue weighted by Crippen LogP contribution is -2.32. The molecule has 5 heteroatoms. The van der Waals surface area contributed by atoms with Gasteiger partial charge < -0.3 is 15.0 Å². The van der Waals surface area contributed by atoms with Crippen LogP contribution in [0.15, 0.2) is 23.9 Å². The van der Waals surface area contributed by atoms with Crippen LogP contribution in [-0.4, -0.2) is 37.8 Å². The Morgan fingerprint density at radius 1 is 1.48 bits per heavy atom. The standard InChI is InChI=1S/C16H24FN3O/c1-12(2)18-9-14-8-15(17)10-19-16(14)20-6-4-13(5-7-20)11-21-3/h4,8,10,12,18H,5-7,9,11H2,1-3H3. The van der Waals surface area contributed by atoms with Crippen LogP contribution in [0.4, 0.5) is 10.2 Å². The normalized spacial score (nSPS) is 15.5. The molecule has 0 saturated heterocycles. The van der Waals surface area contributed by atoms with Gasteiger partial charge in [-0.15, -0.1) is 0 Å². The summed E-state index contributed by atoms with van der Waals surface area (Å²) in [6.45, 7) is 7.16. The van der Waals surface area contributed by atoms with Gasteiger partial charge in [0.2, 0.25) is 0 Å². The molecule has 0 spiro atoms. The van der Waals surface area contributed by atoms with Crippen molar-refractivity contribution < 1.29 is 9.13 Å². The number of nitrogens with one attached hydrogen (secondary N) is 1. The molecule has 4 nitrogen and oxygen atoms in total. The van der Waals surface area contributed by atoms with Gasteiger partial charge in [0, 0.05) is 38.3 Å². The van der Waals surface area contributed by atoms with Gasteiger partial charge in [0.1, 0.15) is 11.6 Å². The zero-order chi connectivity index (χ0) is 15.2. The predicted molar refractivity (Wildman–Crippen MR) is 83.0 cm³/mol. The maximum atomic E-state index is 13.5. The van der Waals surface area contributed by atoms with Crippen LogP contribution in [0, 0.1) is 5.82 Å². The maximum absolute atomic E-state index is 13.5. The van der Waals surface area contributed by atoms with E-state index in [2.05, 4.69) is 35.1 Å². The van der Waals surface area contributed by atoms with Crippen molar-refractivity contribution >= 4 is 5.82 Å². The van der Waals surface area contributed by atoms with Crippen LogP contribution >= 0.6 is 0 Å². The van der Waals surface area contributed by atoms with Gasteiger partial charge in [-0.1, -0.05) is 19.9 Å². The molecule has 0 amide bonds. The number of ether oxygens (including phenoxy) is 1. The zero-order valence-corrected chi connectivity index (χ0v) is 13.0. The van der Waals surface area contributed by atoms with Gasteiger partial charge in [-0.25, -0.2) is 9.37 Å². The molecule has 1 aromatic rings. The summed E-state index contributed by atoms with van der Waals surface area (Å²) in [6.07, 6.45) is 4.43. The Hall–Kier alpha value is -1.46. The summed E-state index contributed by atoms with van der Waals surface area (Å²) in [6, 6.07) is 1.93. The van der Waals surface area contributed by atoms with Crippen molar-refractivity contribution in [2.45, 2.75) is 32.9 Å². The molecule has 1 N–H and O–H groups in total. The summed E-state index contributed by atoms with van der Waals surface area (Å²) in [5.74, 6) is 0.587. The molecule has 1 aliphatic rings. The van der Waals surface area contributed by atoms with Crippen molar-refractivity contribution in [1.29, 1.82) is 0 Å². The van der Waals surface area contributed by atoms with E-state index in [1.807, 2.05) is 0 Å². The van der Waals surface area contributed by atoms with E-state index in [0.29, 0.717) is 19.2 Å². The minimum atomic E-state index is -0.285. The highest BCUT2D eigenvalue weighted by Crippen LogP contribution is 2.22. The van der Waals surface area contributed by atoms with Gasteiger partial charge in [0.05, 0.1) is 12.8 Å². The monoisotopic (exact) mass is 293 g/mol. The molecule has 0 aromatic carbocycles. The number of halogens is 1. The van der Waals surface area contributed by atoms with Crippen molar-refractivity contribution in [3.63, 3.8) is 0 Å². The first-order chi connectivity index (χ1) is 10.1. The highest BCUT2D eigenvalue weighted by Gasteiger charge is 2.17. The largest absolute Gasteiger partial charge is 0.380 e. The van der Waals surface area contributed by atoms with E-state index in [0.717, 1.165) is 30.9 Å². The Morgan fingerprint density at radius 3 is 2.90 bits per heavy atom. The summed E-state index contributed by atoms with van der Waals surface area (Å²) in [5.41, 5.74) is 2.23. The fourth-order valence-corrected chi connectivity index (χ4v) is 2.42. The van der Waals surface area contributed by atoms with E-state index in [1.165, 1.54) is 11.8 Å². The number of hydrogen-bond donors (Lipinski definition) is 1. The molecule has 0 radical (unpaired) electrons. The quantitative estimate of drug-likeness (QED) is 0.818. The molecule has 0 saturated carbocycles.